The minimum atomic E-state index is -0.504. The van der Waals surface area contributed by atoms with Gasteiger partial charge in [-0.25, -0.2) is 9.18 Å². The largest absolute Gasteiger partial charge is 0.443 e. The fraction of sp³-hybridized carbons (Fsp3) is 0.320. The molecule has 2 fully saturated rings. The van der Waals surface area contributed by atoms with Crippen LogP contribution in [-0.2, 0) is 9.53 Å². The van der Waals surface area contributed by atoms with Crippen molar-refractivity contribution in [3.05, 3.63) is 58.8 Å². The van der Waals surface area contributed by atoms with Gasteiger partial charge in [-0.3, -0.25) is 9.69 Å². The van der Waals surface area contributed by atoms with E-state index in [9.17, 15) is 14.0 Å². The molecule has 36 heavy (non-hydrogen) atoms. The lowest BCUT2D eigenvalue weighted by atomic mass is 10.1. The first kappa shape index (κ1) is 25.9. The molecule has 2 aromatic carbocycles. The summed E-state index contributed by atoms with van der Waals surface area (Å²) in [7, 11) is 1.72. The highest BCUT2D eigenvalue weighted by Crippen LogP contribution is 2.29. The number of thiocarbonyl (C=S) groups is 1. The van der Waals surface area contributed by atoms with Gasteiger partial charge in [-0.05, 0) is 42.0 Å². The molecule has 2 aliphatic rings. The zero-order valence-corrected chi connectivity index (χ0v) is 21.5. The van der Waals surface area contributed by atoms with Crippen molar-refractivity contribution in [3.8, 4) is 0 Å². The van der Waals surface area contributed by atoms with E-state index in [0.717, 1.165) is 30.6 Å². The number of nitrogens with one attached hydrogen (secondary N) is 1. The number of amides is 1. The number of thioether (sulfide) groups is 1. The van der Waals surface area contributed by atoms with Crippen LogP contribution in [0.15, 0.2) is 47.4 Å². The van der Waals surface area contributed by atoms with E-state index in [1.165, 1.54) is 22.7 Å². The molecule has 2 saturated heterocycles. The summed E-state index contributed by atoms with van der Waals surface area (Å²) in [4.78, 5) is 29.6. The van der Waals surface area contributed by atoms with Crippen LogP contribution in [0, 0.1) is 5.82 Å². The van der Waals surface area contributed by atoms with E-state index in [1.807, 2.05) is 29.2 Å². The standard InChI is InChI=1S/C25H28FN5O3S2/c1-28-24(35)36-21(16-32)12-17-2-4-18(5-3-17)29-8-10-30(11-9-29)23-7-6-19(13-22(23)26)31-15-20(14-27)34-25(31)33/h2-7,12-13,16,20H,8-11,14-15,27H2,1H3,(H,28,35)/b21-12+. The van der Waals surface area contributed by atoms with Crippen LogP contribution in [0.1, 0.15) is 5.56 Å². The number of halogens is 1. The highest BCUT2D eigenvalue weighted by atomic mass is 32.2. The average Bonchev–Trinajstić information content (AvgIpc) is 3.29. The van der Waals surface area contributed by atoms with E-state index in [2.05, 4.69) is 10.2 Å². The molecule has 0 spiro atoms. The number of piperazine rings is 1. The lowest BCUT2D eigenvalue weighted by Gasteiger charge is -2.37. The minimum absolute atomic E-state index is 0.233. The number of nitrogens with two attached hydrogens (primary N) is 1. The number of hydrogen-bond donors (Lipinski definition) is 2. The van der Waals surface area contributed by atoms with Crippen LogP contribution in [0.2, 0.25) is 0 Å². The summed E-state index contributed by atoms with van der Waals surface area (Å²) in [6, 6.07) is 12.8. The van der Waals surface area contributed by atoms with Crippen molar-refractivity contribution in [2.45, 2.75) is 6.10 Å². The third kappa shape index (κ3) is 5.97. The molecule has 0 bridgehead atoms. The van der Waals surface area contributed by atoms with Gasteiger partial charge in [0.2, 0.25) is 0 Å². The lowest BCUT2D eigenvalue weighted by Crippen LogP contribution is -2.46. The Hall–Kier alpha value is -3.15. The molecule has 11 heteroatoms. The molecule has 0 aliphatic carbocycles. The zero-order valence-electron chi connectivity index (χ0n) is 19.9. The first-order chi connectivity index (χ1) is 17.4. The Kier molecular flexibility index (Phi) is 8.44. The van der Waals surface area contributed by atoms with E-state index >= 15 is 0 Å². The fourth-order valence-electron chi connectivity index (χ4n) is 4.17. The van der Waals surface area contributed by atoms with Crippen molar-refractivity contribution in [1.82, 2.24) is 5.32 Å². The van der Waals surface area contributed by atoms with Gasteiger partial charge in [0.1, 0.15) is 16.2 Å². The molecule has 2 heterocycles. The summed E-state index contributed by atoms with van der Waals surface area (Å²) < 4.78 is 20.7. The number of anilines is 3. The number of cyclic esters (lactones) is 1. The minimum Gasteiger partial charge on any atom is -0.443 e. The van der Waals surface area contributed by atoms with Gasteiger partial charge in [0, 0.05) is 45.5 Å². The van der Waals surface area contributed by atoms with Crippen LogP contribution in [0.3, 0.4) is 0 Å². The number of allylic oxidation sites excluding steroid dienone is 1. The number of benzene rings is 2. The molecule has 0 saturated carbocycles. The molecule has 2 aliphatic heterocycles. The van der Waals surface area contributed by atoms with Crippen molar-refractivity contribution in [1.29, 1.82) is 0 Å². The van der Waals surface area contributed by atoms with Crippen molar-refractivity contribution >= 4 is 63.8 Å². The van der Waals surface area contributed by atoms with Gasteiger partial charge in [0.05, 0.1) is 22.8 Å². The van der Waals surface area contributed by atoms with Crippen LogP contribution >= 0.6 is 24.0 Å². The Morgan fingerprint density at radius 3 is 2.42 bits per heavy atom. The molecule has 4 rings (SSSR count). The first-order valence-electron chi connectivity index (χ1n) is 11.6. The maximum absolute atomic E-state index is 15.0. The molecular formula is C25H28FN5O3S2. The maximum atomic E-state index is 15.0. The molecule has 0 radical (unpaired) electrons. The number of ether oxygens (including phenoxy) is 1. The summed E-state index contributed by atoms with van der Waals surface area (Å²) in [5.74, 6) is -0.373. The molecule has 1 unspecified atom stereocenters. The van der Waals surface area contributed by atoms with Gasteiger partial charge in [-0.15, -0.1) is 0 Å². The first-order valence-corrected chi connectivity index (χ1v) is 12.8. The summed E-state index contributed by atoms with van der Waals surface area (Å²) in [6.45, 7) is 3.34. The Balaban J connectivity index is 1.36. The van der Waals surface area contributed by atoms with Crippen LogP contribution < -0.4 is 25.8 Å². The number of hydrogen-bond acceptors (Lipinski definition) is 8. The van der Waals surface area contributed by atoms with E-state index in [-0.39, 0.29) is 18.5 Å². The highest BCUT2D eigenvalue weighted by Gasteiger charge is 2.32. The van der Waals surface area contributed by atoms with Crippen LogP contribution in [-0.4, -0.2) is 69.1 Å². The lowest BCUT2D eigenvalue weighted by molar-refractivity contribution is -0.104. The van der Waals surface area contributed by atoms with Gasteiger partial charge in [0.15, 0.2) is 6.29 Å². The number of rotatable bonds is 7. The second-order valence-corrected chi connectivity index (χ2v) is 10.1. The van der Waals surface area contributed by atoms with Crippen molar-refractivity contribution in [2.24, 2.45) is 5.73 Å². The average molecular weight is 530 g/mol. The summed E-state index contributed by atoms with van der Waals surface area (Å²) in [6.07, 6.45) is 1.71. The number of carbonyl (C=O) groups is 2. The third-order valence-electron chi connectivity index (χ3n) is 6.10. The van der Waals surface area contributed by atoms with E-state index < -0.39 is 6.09 Å². The van der Waals surface area contributed by atoms with Crippen LogP contribution in [0.4, 0.5) is 26.2 Å². The fourth-order valence-corrected chi connectivity index (χ4v) is 5.02. The second kappa shape index (κ2) is 11.7. The number of carbonyl (C=O) groups excluding carboxylic acids is 2. The van der Waals surface area contributed by atoms with Gasteiger partial charge in [-0.1, -0.05) is 36.1 Å². The maximum Gasteiger partial charge on any atom is 0.414 e. The van der Waals surface area contributed by atoms with E-state index in [4.69, 9.17) is 22.7 Å². The monoisotopic (exact) mass is 529 g/mol. The molecule has 3 N–H and O–H groups in total. The predicted octanol–water partition coefficient (Wildman–Crippen LogP) is 3.21. The number of aldehydes is 1. The summed E-state index contributed by atoms with van der Waals surface area (Å²) in [5.41, 5.74) is 8.54. The smallest absolute Gasteiger partial charge is 0.414 e. The second-order valence-electron chi connectivity index (χ2n) is 8.36. The molecule has 190 valence electrons. The molecule has 1 atom stereocenters. The van der Waals surface area contributed by atoms with Crippen LogP contribution in [0.25, 0.3) is 6.08 Å². The quantitative estimate of drug-likeness (QED) is 0.319. The van der Waals surface area contributed by atoms with Crippen molar-refractivity contribution in [3.63, 3.8) is 0 Å². The molecule has 1 amide bonds. The van der Waals surface area contributed by atoms with Gasteiger partial charge in [0.25, 0.3) is 0 Å². The van der Waals surface area contributed by atoms with Gasteiger partial charge < -0.3 is 25.6 Å². The zero-order chi connectivity index (χ0) is 25.7. The topological polar surface area (TPSA) is 91.1 Å². The Bertz CT molecular complexity index is 1150. The van der Waals surface area contributed by atoms with E-state index in [0.29, 0.717) is 40.2 Å². The van der Waals surface area contributed by atoms with E-state index in [1.54, 1.807) is 25.3 Å². The van der Waals surface area contributed by atoms with Crippen LogP contribution in [0.5, 0.6) is 0 Å². The van der Waals surface area contributed by atoms with Crippen molar-refractivity contribution in [2.75, 3.05) is 61.0 Å². The Morgan fingerprint density at radius 2 is 1.83 bits per heavy atom. The predicted molar refractivity (Wildman–Crippen MR) is 147 cm³/mol. The number of nitrogens with zero attached hydrogens (tertiary/aromatic N) is 3. The summed E-state index contributed by atoms with van der Waals surface area (Å²) in [5, 5.41) is 2.84. The SMILES string of the molecule is CNC(=S)S/C(C=O)=C/c1ccc(N2CCN(c3ccc(N4CC(CN)OC4=O)cc3F)CC2)cc1. The molecular weight excluding hydrogens is 501 g/mol. The van der Waals surface area contributed by atoms with Crippen molar-refractivity contribution < 1.29 is 18.7 Å². The Labute approximate surface area is 219 Å². The highest BCUT2D eigenvalue weighted by molar-refractivity contribution is 8.26. The summed E-state index contributed by atoms with van der Waals surface area (Å²) >= 11 is 6.33. The van der Waals surface area contributed by atoms with Gasteiger partial charge in [-0.2, -0.15) is 0 Å². The normalized spacial score (nSPS) is 18.3. The third-order valence-corrected chi connectivity index (χ3v) is 7.39. The molecule has 0 aromatic heterocycles. The Morgan fingerprint density at radius 1 is 1.17 bits per heavy atom. The van der Waals surface area contributed by atoms with Gasteiger partial charge >= 0.3 is 6.09 Å². The molecule has 8 nitrogen and oxygen atoms in total. The molecule has 2 aromatic rings.